The Morgan fingerprint density at radius 3 is 2.92 bits per heavy atom. The zero-order chi connectivity index (χ0) is 9.26. The van der Waals surface area contributed by atoms with E-state index in [0.717, 1.165) is 24.8 Å². The molecule has 13 heavy (non-hydrogen) atoms. The summed E-state index contributed by atoms with van der Waals surface area (Å²) in [6.45, 7) is 0. The zero-order valence-corrected chi connectivity index (χ0v) is 7.86. The number of ketones is 1. The maximum atomic E-state index is 13.0. The molecule has 0 spiro atoms. The monoisotopic (exact) mass is 196 g/mol. The summed E-state index contributed by atoms with van der Waals surface area (Å²) < 4.78 is 13.0. The second-order valence-corrected chi connectivity index (χ2v) is 3.96. The van der Waals surface area contributed by atoms with Crippen LogP contribution in [-0.2, 0) is 0 Å². The average molecular weight is 196 g/mol. The molecule has 0 amide bonds. The smallest absolute Gasteiger partial charge is 0.201 e. The minimum Gasteiger partial charge on any atom is -0.288 e. The number of hydrogen-bond acceptors (Lipinski definition) is 2. The first-order valence-electron chi connectivity index (χ1n) is 4.26. The van der Waals surface area contributed by atoms with E-state index in [4.69, 9.17) is 0 Å². The highest BCUT2D eigenvalue weighted by atomic mass is 32.1. The molecule has 0 unspecified atom stereocenters. The van der Waals surface area contributed by atoms with Gasteiger partial charge in [-0.25, -0.2) is 4.39 Å². The van der Waals surface area contributed by atoms with E-state index >= 15 is 0 Å². The lowest BCUT2D eigenvalue weighted by molar-refractivity contribution is 0.103. The summed E-state index contributed by atoms with van der Waals surface area (Å²) in [5, 5.41) is 1.61. The molecule has 0 aromatic carbocycles. The Morgan fingerprint density at radius 1 is 1.54 bits per heavy atom. The van der Waals surface area contributed by atoms with Crippen LogP contribution in [-0.4, -0.2) is 5.78 Å². The van der Waals surface area contributed by atoms with Crippen LogP contribution in [0.4, 0.5) is 4.39 Å². The molecule has 0 saturated carbocycles. The first-order chi connectivity index (χ1) is 6.29. The van der Waals surface area contributed by atoms with E-state index in [1.54, 1.807) is 5.38 Å². The molecule has 0 fully saturated rings. The van der Waals surface area contributed by atoms with Crippen LogP contribution in [0.2, 0.25) is 0 Å². The van der Waals surface area contributed by atoms with Crippen molar-refractivity contribution in [3.63, 3.8) is 0 Å². The molecular formula is C10H9FOS. The van der Waals surface area contributed by atoms with Crippen molar-refractivity contribution in [2.75, 3.05) is 0 Å². The summed E-state index contributed by atoms with van der Waals surface area (Å²) in [4.78, 5) is 11.9. The Kier molecular flexibility index (Phi) is 2.27. The van der Waals surface area contributed by atoms with E-state index < -0.39 is 0 Å². The molecule has 3 heteroatoms. The van der Waals surface area contributed by atoms with Gasteiger partial charge in [-0.05, 0) is 36.3 Å². The van der Waals surface area contributed by atoms with Gasteiger partial charge in [0.2, 0.25) is 5.78 Å². The average Bonchev–Trinajstić information content (AvgIpc) is 2.72. The van der Waals surface area contributed by atoms with Crippen molar-refractivity contribution in [3.05, 3.63) is 33.8 Å². The minimum atomic E-state index is -0.386. The first kappa shape index (κ1) is 8.63. The van der Waals surface area contributed by atoms with Crippen LogP contribution >= 0.6 is 11.3 Å². The van der Waals surface area contributed by atoms with Crippen molar-refractivity contribution in [1.82, 2.24) is 0 Å². The van der Waals surface area contributed by atoms with E-state index in [0.29, 0.717) is 0 Å². The molecule has 0 radical (unpaired) electrons. The summed E-state index contributed by atoms with van der Waals surface area (Å²) in [5.74, 6) is -0.507. The maximum Gasteiger partial charge on any atom is 0.201 e. The Labute approximate surface area is 79.9 Å². The van der Waals surface area contributed by atoms with Crippen LogP contribution in [0.15, 0.2) is 23.1 Å². The maximum absolute atomic E-state index is 13.0. The van der Waals surface area contributed by atoms with E-state index in [2.05, 4.69) is 0 Å². The fraction of sp³-hybridized carbons (Fsp3) is 0.300. The lowest BCUT2D eigenvalue weighted by Gasteiger charge is -1.97. The third kappa shape index (κ3) is 1.56. The van der Waals surface area contributed by atoms with E-state index in [9.17, 15) is 9.18 Å². The van der Waals surface area contributed by atoms with Crippen LogP contribution in [0.25, 0.3) is 0 Å². The quantitative estimate of drug-likeness (QED) is 0.664. The number of Topliss-reactive ketones (excluding diaryl/α,β-unsaturated/α-hetero) is 1. The fourth-order valence-electron chi connectivity index (χ4n) is 1.48. The molecule has 0 atom stereocenters. The predicted molar refractivity (Wildman–Crippen MR) is 50.5 cm³/mol. The Hall–Kier alpha value is -0.960. The Balaban J connectivity index is 2.27. The van der Waals surface area contributed by atoms with Crippen molar-refractivity contribution in [3.8, 4) is 0 Å². The lowest BCUT2D eigenvalue weighted by atomic mass is 10.1. The van der Waals surface area contributed by atoms with Crippen LogP contribution in [0, 0.1) is 5.82 Å². The number of hydrogen-bond donors (Lipinski definition) is 0. The van der Waals surface area contributed by atoms with Gasteiger partial charge in [0.15, 0.2) is 0 Å². The fourth-order valence-corrected chi connectivity index (χ4v) is 2.22. The van der Waals surface area contributed by atoms with Gasteiger partial charge in [-0.3, -0.25) is 4.79 Å². The predicted octanol–water partition coefficient (Wildman–Crippen LogP) is 3.18. The number of halogens is 1. The third-order valence-electron chi connectivity index (χ3n) is 2.16. The first-order valence-corrected chi connectivity index (χ1v) is 5.14. The van der Waals surface area contributed by atoms with Crippen LogP contribution in [0.3, 0.4) is 0 Å². The number of thiophene rings is 1. The standard InChI is InChI=1S/C10H9FOS/c11-8-5-6-13-10(8)9(12)7-3-1-2-4-7/h3,5-6H,1-2,4H2. The Bertz CT molecular complexity index is 365. The number of rotatable bonds is 2. The summed E-state index contributed by atoms with van der Waals surface area (Å²) in [7, 11) is 0. The molecule has 0 saturated heterocycles. The molecule has 1 aliphatic rings. The van der Waals surface area contributed by atoms with Crippen molar-refractivity contribution in [2.45, 2.75) is 19.3 Å². The molecule has 1 heterocycles. The van der Waals surface area contributed by atoms with Gasteiger partial charge in [-0.2, -0.15) is 0 Å². The van der Waals surface area contributed by atoms with Crippen LogP contribution in [0.1, 0.15) is 28.9 Å². The van der Waals surface area contributed by atoms with Gasteiger partial charge < -0.3 is 0 Å². The normalized spacial score (nSPS) is 15.9. The highest BCUT2D eigenvalue weighted by Crippen LogP contribution is 2.25. The van der Waals surface area contributed by atoms with Crippen LogP contribution in [0.5, 0.6) is 0 Å². The molecule has 1 aromatic rings. The molecular weight excluding hydrogens is 187 g/mol. The number of carbonyl (C=O) groups excluding carboxylic acids is 1. The van der Waals surface area contributed by atoms with Gasteiger partial charge in [-0.1, -0.05) is 6.08 Å². The molecule has 1 aliphatic carbocycles. The summed E-state index contributed by atoms with van der Waals surface area (Å²) >= 11 is 1.18. The van der Waals surface area contributed by atoms with Crippen molar-refractivity contribution < 1.29 is 9.18 Å². The van der Waals surface area contributed by atoms with Gasteiger partial charge in [0.25, 0.3) is 0 Å². The number of carbonyl (C=O) groups is 1. The zero-order valence-electron chi connectivity index (χ0n) is 7.05. The SMILES string of the molecule is O=C(C1=CCCC1)c1sccc1F. The molecule has 68 valence electrons. The summed E-state index contributed by atoms with van der Waals surface area (Å²) in [6, 6.07) is 1.34. The van der Waals surface area contributed by atoms with Crippen molar-refractivity contribution in [1.29, 1.82) is 0 Å². The van der Waals surface area contributed by atoms with E-state index in [-0.39, 0.29) is 16.5 Å². The third-order valence-corrected chi connectivity index (χ3v) is 3.04. The van der Waals surface area contributed by atoms with Crippen molar-refractivity contribution >= 4 is 17.1 Å². The summed E-state index contributed by atoms with van der Waals surface area (Å²) in [5.41, 5.74) is 0.779. The molecule has 2 rings (SSSR count). The number of allylic oxidation sites excluding steroid dienone is 2. The second-order valence-electron chi connectivity index (χ2n) is 3.05. The van der Waals surface area contributed by atoms with Gasteiger partial charge in [0.05, 0.1) is 0 Å². The van der Waals surface area contributed by atoms with Gasteiger partial charge in [-0.15, -0.1) is 11.3 Å². The molecule has 0 aliphatic heterocycles. The molecule has 0 bridgehead atoms. The largest absolute Gasteiger partial charge is 0.288 e. The van der Waals surface area contributed by atoms with Gasteiger partial charge >= 0.3 is 0 Å². The Morgan fingerprint density at radius 2 is 2.38 bits per heavy atom. The highest BCUT2D eigenvalue weighted by Gasteiger charge is 2.19. The minimum absolute atomic E-state index is 0.120. The van der Waals surface area contributed by atoms with Crippen molar-refractivity contribution in [2.24, 2.45) is 0 Å². The summed E-state index contributed by atoms with van der Waals surface area (Å²) in [6.07, 6.45) is 4.69. The molecule has 1 aromatic heterocycles. The topological polar surface area (TPSA) is 17.1 Å². The molecule has 0 N–H and O–H groups in total. The van der Waals surface area contributed by atoms with E-state index in [1.807, 2.05) is 6.08 Å². The molecule has 1 nitrogen and oxygen atoms in total. The highest BCUT2D eigenvalue weighted by molar-refractivity contribution is 7.12. The van der Waals surface area contributed by atoms with Gasteiger partial charge in [0, 0.05) is 0 Å². The second kappa shape index (κ2) is 3.42. The van der Waals surface area contributed by atoms with Gasteiger partial charge in [0.1, 0.15) is 10.7 Å². The lowest BCUT2D eigenvalue weighted by Crippen LogP contribution is -2.00. The van der Waals surface area contributed by atoms with Crippen LogP contribution < -0.4 is 0 Å². The van der Waals surface area contributed by atoms with E-state index in [1.165, 1.54) is 17.4 Å².